The molecule has 6 nitrogen and oxygen atoms in total. The summed E-state index contributed by atoms with van der Waals surface area (Å²) < 4.78 is 31.6. The van der Waals surface area contributed by atoms with Crippen LogP contribution in [-0.2, 0) is 10.0 Å². The summed E-state index contributed by atoms with van der Waals surface area (Å²) >= 11 is 0. The van der Waals surface area contributed by atoms with Crippen molar-refractivity contribution >= 4 is 10.0 Å². The Morgan fingerprint density at radius 3 is 2.45 bits per heavy atom. The predicted octanol–water partition coefficient (Wildman–Crippen LogP) is 2.08. The maximum Gasteiger partial charge on any atom is 0.247 e. The minimum absolute atomic E-state index is 0.231. The van der Waals surface area contributed by atoms with Gasteiger partial charge in [0.1, 0.15) is 0 Å². The van der Waals surface area contributed by atoms with E-state index in [0.29, 0.717) is 30.4 Å². The zero-order valence-corrected chi connectivity index (χ0v) is 12.5. The van der Waals surface area contributed by atoms with Gasteiger partial charge in [-0.1, -0.05) is 19.9 Å². The number of nitrogens with zero attached hydrogens (tertiary/aromatic N) is 3. The third kappa shape index (κ3) is 2.73. The average Bonchev–Trinajstić information content (AvgIpc) is 2.87. The summed E-state index contributed by atoms with van der Waals surface area (Å²) in [6.07, 6.45) is 0. The molecule has 7 heteroatoms. The van der Waals surface area contributed by atoms with Crippen LogP contribution in [0.15, 0.2) is 33.6 Å². The van der Waals surface area contributed by atoms with Crippen molar-refractivity contribution in [1.29, 1.82) is 0 Å². The minimum Gasteiger partial charge on any atom is -0.421 e. The Balaban J connectivity index is 2.45. The number of hydrogen-bond donors (Lipinski definition) is 0. The van der Waals surface area contributed by atoms with E-state index in [9.17, 15) is 8.42 Å². The van der Waals surface area contributed by atoms with Gasteiger partial charge in [-0.2, -0.15) is 4.31 Å². The highest BCUT2D eigenvalue weighted by atomic mass is 32.2. The third-order valence-electron chi connectivity index (χ3n) is 2.95. The van der Waals surface area contributed by atoms with E-state index in [1.54, 1.807) is 31.2 Å². The Bertz CT molecular complexity index is 690. The molecule has 0 amide bonds. The Hall–Kier alpha value is -1.73. The van der Waals surface area contributed by atoms with Gasteiger partial charge in [0.25, 0.3) is 0 Å². The molecular weight excluding hydrogens is 278 g/mol. The Kier molecular flexibility index (Phi) is 4.20. The van der Waals surface area contributed by atoms with Crippen LogP contribution in [0.3, 0.4) is 0 Å². The average molecular weight is 295 g/mol. The summed E-state index contributed by atoms with van der Waals surface area (Å²) in [5, 5.41) is 7.65. The molecule has 0 N–H and O–H groups in total. The van der Waals surface area contributed by atoms with Crippen LogP contribution in [0, 0.1) is 6.92 Å². The van der Waals surface area contributed by atoms with Crippen LogP contribution in [0.5, 0.6) is 0 Å². The Labute approximate surface area is 118 Å². The van der Waals surface area contributed by atoms with Crippen molar-refractivity contribution in [3.63, 3.8) is 0 Å². The van der Waals surface area contributed by atoms with Gasteiger partial charge >= 0.3 is 0 Å². The fourth-order valence-corrected chi connectivity index (χ4v) is 3.42. The highest BCUT2D eigenvalue weighted by Crippen LogP contribution is 2.23. The first-order valence-electron chi connectivity index (χ1n) is 6.39. The molecule has 0 saturated heterocycles. The van der Waals surface area contributed by atoms with Gasteiger partial charge in [0.2, 0.25) is 21.8 Å². The van der Waals surface area contributed by atoms with Crippen LogP contribution in [-0.4, -0.2) is 36.0 Å². The van der Waals surface area contributed by atoms with E-state index in [-0.39, 0.29) is 4.90 Å². The molecule has 0 fully saturated rings. The van der Waals surface area contributed by atoms with Gasteiger partial charge < -0.3 is 4.42 Å². The molecule has 1 heterocycles. The van der Waals surface area contributed by atoms with Crippen molar-refractivity contribution in [2.45, 2.75) is 25.7 Å². The lowest BCUT2D eigenvalue weighted by atomic mass is 10.2. The molecule has 0 spiro atoms. The molecule has 0 atom stereocenters. The first kappa shape index (κ1) is 14.7. The summed E-state index contributed by atoms with van der Waals surface area (Å²) in [4.78, 5) is 0.231. The highest BCUT2D eigenvalue weighted by molar-refractivity contribution is 7.89. The number of benzene rings is 1. The van der Waals surface area contributed by atoms with Crippen molar-refractivity contribution in [2.24, 2.45) is 0 Å². The third-order valence-corrected chi connectivity index (χ3v) is 5.00. The number of aryl methyl sites for hydroxylation is 1. The van der Waals surface area contributed by atoms with Crippen LogP contribution in [0.2, 0.25) is 0 Å². The lowest BCUT2D eigenvalue weighted by Crippen LogP contribution is -2.30. The molecule has 0 saturated carbocycles. The largest absolute Gasteiger partial charge is 0.421 e. The minimum atomic E-state index is -3.48. The SMILES string of the molecule is CCN(CC)S(=O)(=O)c1cccc(-c2nnc(C)o2)c1. The zero-order valence-electron chi connectivity index (χ0n) is 11.7. The molecular formula is C13H17N3O3S. The molecule has 1 aromatic heterocycles. The molecule has 108 valence electrons. The summed E-state index contributed by atoms with van der Waals surface area (Å²) in [7, 11) is -3.48. The molecule has 0 bridgehead atoms. The van der Waals surface area contributed by atoms with Gasteiger partial charge in [-0.3, -0.25) is 0 Å². The molecule has 0 unspecified atom stereocenters. The quantitative estimate of drug-likeness (QED) is 0.844. The molecule has 2 aromatic rings. The van der Waals surface area contributed by atoms with Crippen LogP contribution < -0.4 is 0 Å². The maximum absolute atomic E-state index is 12.4. The number of sulfonamides is 1. The van der Waals surface area contributed by atoms with Crippen molar-refractivity contribution in [1.82, 2.24) is 14.5 Å². The maximum atomic E-state index is 12.4. The van der Waals surface area contributed by atoms with E-state index < -0.39 is 10.0 Å². The molecule has 2 rings (SSSR count). The fourth-order valence-electron chi connectivity index (χ4n) is 1.92. The lowest BCUT2D eigenvalue weighted by molar-refractivity contribution is 0.445. The number of rotatable bonds is 5. The van der Waals surface area contributed by atoms with E-state index in [1.807, 2.05) is 13.8 Å². The smallest absolute Gasteiger partial charge is 0.247 e. The van der Waals surface area contributed by atoms with Gasteiger partial charge in [-0.25, -0.2) is 8.42 Å². The number of hydrogen-bond acceptors (Lipinski definition) is 5. The fraction of sp³-hybridized carbons (Fsp3) is 0.385. The van der Waals surface area contributed by atoms with E-state index in [4.69, 9.17) is 4.42 Å². The first-order chi connectivity index (χ1) is 9.48. The molecule has 1 aromatic carbocycles. The highest BCUT2D eigenvalue weighted by Gasteiger charge is 2.22. The molecule has 20 heavy (non-hydrogen) atoms. The van der Waals surface area contributed by atoms with E-state index in [1.165, 1.54) is 4.31 Å². The van der Waals surface area contributed by atoms with Crippen molar-refractivity contribution in [2.75, 3.05) is 13.1 Å². The van der Waals surface area contributed by atoms with Gasteiger partial charge in [-0.15, -0.1) is 10.2 Å². The molecule has 0 aliphatic rings. The summed E-state index contributed by atoms with van der Waals surface area (Å²) in [6.45, 7) is 6.18. The molecule has 0 aliphatic heterocycles. The molecule has 0 radical (unpaired) electrons. The van der Waals surface area contributed by atoms with E-state index in [2.05, 4.69) is 10.2 Å². The Morgan fingerprint density at radius 2 is 1.90 bits per heavy atom. The predicted molar refractivity (Wildman–Crippen MR) is 74.6 cm³/mol. The van der Waals surface area contributed by atoms with Crippen LogP contribution in [0.1, 0.15) is 19.7 Å². The van der Waals surface area contributed by atoms with Crippen molar-refractivity contribution < 1.29 is 12.8 Å². The summed E-state index contributed by atoms with van der Waals surface area (Å²) in [6, 6.07) is 6.54. The topological polar surface area (TPSA) is 76.3 Å². The summed E-state index contributed by atoms with van der Waals surface area (Å²) in [5.74, 6) is 0.760. The summed E-state index contributed by atoms with van der Waals surface area (Å²) in [5.41, 5.74) is 0.596. The number of aromatic nitrogens is 2. The van der Waals surface area contributed by atoms with E-state index >= 15 is 0 Å². The van der Waals surface area contributed by atoms with E-state index in [0.717, 1.165) is 0 Å². The standard InChI is InChI=1S/C13H17N3O3S/c1-4-16(5-2)20(17,18)12-8-6-7-11(9-12)13-15-14-10(3)19-13/h6-9H,4-5H2,1-3H3. The Morgan fingerprint density at radius 1 is 1.20 bits per heavy atom. The van der Waals surface area contributed by atoms with Crippen molar-refractivity contribution in [3.8, 4) is 11.5 Å². The van der Waals surface area contributed by atoms with Crippen molar-refractivity contribution in [3.05, 3.63) is 30.2 Å². The van der Waals surface area contributed by atoms with Crippen LogP contribution in [0.4, 0.5) is 0 Å². The van der Waals surface area contributed by atoms with Gasteiger partial charge in [0.05, 0.1) is 4.90 Å². The van der Waals surface area contributed by atoms with Gasteiger partial charge in [0.15, 0.2) is 0 Å². The van der Waals surface area contributed by atoms with Crippen LogP contribution in [0.25, 0.3) is 11.5 Å². The second-order valence-electron chi connectivity index (χ2n) is 4.24. The second kappa shape index (κ2) is 5.72. The second-order valence-corrected chi connectivity index (χ2v) is 6.18. The monoisotopic (exact) mass is 295 g/mol. The normalized spacial score (nSPS) is 12.0. The lowest BCUT2D eigenvalue weighted by Gasteiger charge is -2.18. The van der Waals surface area contributed by atoms with Gasteiger partial charge in [-0.05, 0) is 18.2 Å². The van der Waals surface area contributed by atoms with Gasteiger partial charge in [0, 0.05) is 25.6 Å². The molecule has 0 aliphatic carbocycles. The zero-order chi connectivity index (χ0) is 14.8. The first-order valence-corrected chi connectivity index (χ1v) is 7.83. The van der Waals surface area contributed by atoms with Crippen LogP contribution >= 0.6 is 0 Å².